The van der Waals surface area contributed by atoms with Crippen LogP contribution in [0, 0.1) is 6.07 Å². The molecule has 6 rings (SSSR count). The van der Waals surface area contributed by atoms with Crippen LogP contribution in [0.25, 0.3) is 22.9 Å². The summed E-state index contributed by atoms with van der Waals surface area (Å²) in [5.41, 5.74) is 7.35. The zero-order valence-electron chi connectivity index (χ0n) is 23.8. The van der Waals surface area contributed by atoms with Crippen LogP contribution in [0.15, 0.2) is 128 Å². The van der Waals surface area contributed by atoms with E-state index in [2.05, 4.69) is 31.2 Å². The van der Waals surface area contributed by atoms with Crippen LogP contribution in [0.4, 0.5) is 0 Å². The zero-order valence-corrected chi connectivity index (χ0v) is 26.4. The maximum atomic E-state index is 5.77. The quantitative estimate of drug-likeness (QED) is 0.136. The van der Waals surface area contributed by atoms with Crippen LogP contribution < -0.4 is 10.5 Å². The second kappa shape index (κ2) is 19.6. The minimum absolute atomic E-state index is 0. The molecule has 1 radical (unpaired) electrons. The fourth-order valence-electron chi connectivity index (χ4n) is 3.78. The van der Waals surface area contributed by atoms with E-state index in [0.717, 1.165) is 54.6 Å². The fourth-order valence-corrected chi connectivity index (χ4v) is 3.78. The molecule has 0 unspecified atom stereocenters. The van der Waals surface area contributed by atoms with Gasteiger partial charge in [-0.2, -0.15) is 10.2 Å². The molecule has 0 atom stereocenters. The van der Waals surface area contributed by atoms with Crippen molar-refractivity contribution in [1.29, 1.82) is 0 Å². The summed E-state index contributed by atoms with van der Waals surface area (Å²) in [7, 11) is 0. The molecule has 0 fully saturated rings. The van der Waals surface area contributed by atoms with Gasteiger partial charge in [-0.05, 0) is 67.5 Å². The average molecular weight is 750 g/mol. The first-order valence-corrected chi connectivity index (χ1v) is 13.9. The normalized spacial score (nSPS) is 9.88. The number of hydrogen-bond donors (Lipinski definition) is 1. The van der Waals surface area contributed by atoms with Gasteiger partial charge in [0.05, 0.1) is 6.61 Å². The van der Waals surface area contributed by atoms with Crippen LogP contribution in [0.2, 0.25) is 0 Å². The standard InChI is InChI=1S/C17H21N2O.2C8H7N3.Os/c18-11-4-1-2-6-13-20-16-9-7-8-15(14-16)17-10-3-5-12-19-17;2*1-2-5-9-8(4-1)11-7-3-6-10-11;/h3,5,7,9-10,12,14H,1-2,4,6,11,13,18H2;2*1-7H;/q-1;;;+1. The average Bonchev–Trinajstić information content (AvgIpc) is 3.81. The van der Waals surface area contributed by atoms with Crippen LogP contribution in [-0.2, 0) is 19.8 Å². The number of benzene rings is 1. The number of pyridine rings is 3. The molecule has 43 heavy (non-hydrogen) atoms. The molecule has 221 valence electrons. The topological polar surface area (TPSA) is 110 Å². The van der Waals surface area contributed by atoms with E-state index in [0.29, 0.717) is 0 Å². The molecule has 0 saturated heterocycles. The molecule has 0 aliphatic carbocycles. The largest absolute Gasteiger partial charge is 1.00 e. The van der Waals surface area contributed by atoms with Crippen molar-refractivity contribution in [3.63, 3.8) is 0 Å². The molecule has 9 nitrogen and oxygen atoms in total. The Morgan fingerprint density at radius 3 is 1.77 bits per heavy atom. The Hall–Kier alpha value is -4.51. The monoisotopic (exact) mass is 751 g/mol. The van der Waals surface area contributed by atoms with E-state index in [1.807, 2.05) is 97.3 Å². The van der Waals surface area contributed by atoms with E-state index in [4.69, 9.17) is 10.5 Å². The van der Waals surface area contributed by atoms with Gasteiger partial charge in [0.1, 0.15) is 0 Å². The van der Waals surface area contributed by atoms with Gasteiger partial charge >= 0.3 is 19.8 Å². The summed E-state index contributed by atoms with van der Waals surface area (Å²) in [5.74, 6) is 2.57. The molecule has 10 heteroatoms. The van der Waals surface area contributed by atoms with Crippen molar-refractivity contribution in [3.05, 3.63) is 134 Å². The van der Waals surface area contributed by atoms with Gasteiger partial charge < -0.3 is 15.5 Å². The molecule has 0 bridgehead atoms. The van der Waals surface area contributed by atoms with Crippen molar-refractivity contribution in [2.24, 2.45) is 5.73 Å². The number of rotatable bonds is 10. The van der Waals surface area contributed by atoms with E-state index in [-0.39, 0.29) is 19.8 Å². The van der Waals surface area contributed by atoms with Crippen LogP contribution in [-0.4, -0.2) is 47.7 Å². The van der Waals surface area contributed by atoms with Crippen molar-refractivity contribution < 1.29 is 24.5 Å². The van der Waals surface area contributed by atoms with E-state index in [1.165, 1.54) is 12.8 Å². The van der Waals surface area contributed by atoms with Gasteiger partial charge in [0.25, 0.3) is 0 Å². The van der Waals surface area contributed by atoms with Gasteiger partial charge in [-0.15, -0.1) is 29.8 Å². The Morgan fingerprint density at radius 1 is 0.651 bits per heavy atom. The Labute approximate surface area is 265 Å². The Bertz CT molecular complexity index is 1430. The summed E-state index contributed by atoms with van der Waals surface area (Å²) in [4.78, 5) is 12.6. The Kier molecular flexibility index (Phi) is 15.0. The fraction of sp³-hybridized carbons (Fsp3) is 0.182. The second-order valence-corrected chi connectivity index (χ2v) is 8.98. The minimum atomic E-state index is 0. The van der Waals surface area contributed by atoms with E-state index in [1.54, 1.807) is 40.3 Å². The number of ether oxygens (including phenoxy) is 1. The molecule has 1 aromatic carbocycles. The molecule has 0 aliphatic heterocycles. The van der Waals surface area contributed by atoms with E-state index < -0.39 is 0 Å². The van der Waals surface area contributed by atoms with Crippen molar-refractivity contribution in [2.45, 2.75) is 25.7 Å². The maximum absolute atomic E-state index is 5.77. The van der Waals surface area contributed by atoms with Gasteiger partial charge in [-0.3, -0.25) is 0 Å². The van der Waals surface area contributed by atoms with Crippen molar-refractivity contribution >= 4 is 0 Å². The first kappa shape index (κ1) is 33.0. The molecule has 0 amide bonds. The smallest absolute Gasteiger partial charge is 0.513 e. The van der Waals surface area contributed by atoms with Gasteiger partial charge in [-0.1, -0.05) is 37.1 Å². The first-order valence-electron chi connectivity index (χ1n) is 13.9. The number of hydrogen-bond acceptors (Lipinski definition) is 7. The third kappa shape index (κ3) is 11.7. The van der Waals surface area contributed by atoms with Crippen molar-refractivity contribution in [1.82, 2.24) is 34.5 Å². The molecular formula is C33H35N8OOs. The van der Waals surface area contributed by atoms with Crippen LogP contribution >= 0.6 is 0 Å². The van der Waals surface area contributed by atoms with Gasteiger partial charge in [0.15, 0.2) is 11.6 Å². The number of nitrogens with zero attached hydrogens (tertiary/aromatic N) is 7. The zero-order chi connectivity index (χ0) is 29.1. The summed E-state index contributed by atoms with van der Waals surface area (Å²) < 4.78 is 9.21. The second-order valence-electron chi connectivity index (χ2n) is 8.98. The molecule has 2 N–H and O–H groups in total. The van der Waals surface area contributed by atoms with Gasteiger partial charge in [-0.25, -0.2) is 19.3 Å². The third-order valence-electron chi connectivity index (χ3n) is 5.86. The molecular weight excluding hydrogens is 715 g/mol. The van der Waals surface area contributed by atoms with Crippen LogP contribution in [0.3, 0.4) is 0 Å². The molecule has 5 aromatic heterocycles. The summed E-state index contributed by atoms with van der Waals surface area (Å²) in [5, 5.41) is 8.08. The van der Waals surface area contributed by atoms with Crippen LogP contribution in [0.1, 0.15) is 25.7 Å². The van der Waals surface area contributed by atoms with E-state index >= 15 is 0 Å². The maximum Gasteiger partial charge on any atom is 1.00 e. The van der Waals surface area contributed by atoms with Crippen molar-refractivity contribution in [3.8, 4) is 28.6 Å². The molecule has 0 saturated carbocycles. The summed E-state index contributed by atoms with van der Waals surface area (Å²) in [6.07, 6.45) is 17.0. The van der Waals surface area contributed by atoms with Gasteiger partial charge in [0, 0.05) is 49.1 Å². The molecule has 0 spiro atoms. The number of nitrogens with two attached hydrogens (primary N) is 1. The van der Waals surface area contributed by atoms with Crippen molar-refractivity contribution in [2.75, 3.05) is 13.2 Å². The minimum Gasteiger partial charge on any atom is -0.513 e. The molecule has 6 aromatic rings. The number of unbranched alkanes of at least 4 members (excludes halogenated alkanes) is 3. The Balaban J connectivity index is 0.000000187. The third-order valence-corrected chi connectivity index (χ3v) is 5.86. The Morgan fingerprint density at radius 2 is 1.26 bits per heavy atom. The van der Waals surface area contributed by atoms with Crippen LogP contribution in [0.5, 0.6) is 5.75 Å². The van der Waals surface area contributed by atoms with E-state index in [9.17, 15) is 0 Å². The predicted octanol–water partition coefficient (Wildman–Crippen LogP) is 5.98. The first-order chi connectivity index (χ1) is 20.8. The summed E-state index contributed by atoms with van der Waals surface area (Å²) in [6, 6.07) is 30.0. The molecule has 0 aliphatic rings. The summed E-state index contributed by atoms with van der Waals surface area (Å²) >= 11 is 0. The molecule has 5 heterocycles. The van der Waals surface area contributed by atoms with Gasteiger partial charge in [0.2, 0.25) is 0 Å². The number of aromatic nitrogens is 7. The SMILES string of the molecule is NCCCCCCOc1cc[c-]c(-c2ccccn2)c1.[Os+].c1ccc(-n2cccn2)nc1.c1ccc(-n2cccn2)nc1. The predicted molar refractivity (Wildman–Crippen MR) is 164 cm³/mol. The summed E-state index contributed by atoms with van der Waals surface area (Å²) in [6.45, 7) is 1.53.